The van der Waals surface area contributed by atoms with Crippen LogP contribution in [0.15, 0.2) is 194 Å². The second-order valence-corrected chi connectivity index (χ2v) is 17.7. The molecular weight excluding hydrogens is 1010 g/mol. The summed E-state index contributed by atoms with van der Waals surface area (Å²) >= 11 is 0. The Morgan fingerprint density at radius 3 is 0.747 bits per heavy atom. The fourth-order valence-corrected chi connectivity index (χ4v) is 9.21. The monoisotopic (exact) mass is 1040 g/mol. The average molecular weight is 1040 g/mol. The van der Waals surface area contributed by atoms with Gasteiger partial charge in [-0.1, -0.05) is 72.8 Å². The van der Waals surface area contributed by atoms with Crippen LogP contribution >= 0.6 is 0 Å². The highest BCUT2D eigenvalue weighted by Crippen LogP contribution is 2.44. The van der Waals surface area contributed by atoms with Gasteiger partial charge in [0.05, 0.1) is 44.5 Å². The lowest BCUT2D eigenvalue weighted by Gasteiger charge is -2.16. The predicted octanol–water partition coefficient (Wildman–Crippen LogP) is 19.9. The first-order chi connectivity index (χ1) is 35.3. The minimum atomic E-state index is -4.82. The molecule has 75 heavy (non-hydrogen) atoms. The Hall–Kier alpha value is -8.27. The molecule has 10 aromatic rings. The lowest BCUT2D eigenvalue weighted by Crippen LogP contribution is -2.10. The van der Waals surface area contributed by atoms with Gasteiger partial charge < -0.3 is 4.57 Å². The predicted molar refractivity (Wildman–Crippen MR) is 258 cm³/mol. The maximum absolute atomic E-state index is 14.8. The Balaban J connectivity index is 1.19. The lowest BCUT2D eigenvalue weighted by atomic mass is 9.91. The van der Waals surface area contributed by atoms with Gasteiger partial charge in [-0.2, -0.15) is 65.9 Å². The van der Waals surface area contributed by atoms with Crippen molar-refractivity contribution in [2.45, 2.75) is 30.9 Å². The van der Waals surface area contributed by atoms with Crippen LogP contribution in [0.1, 0.15) is 27.8 Å². The number of hydrogen-bond acceptors (Lipinski definition) is 0. The molecule has 9 aromatic carbocycles. The summed E-state index contributed by atoms with van der Waals surface area (Å²) in [6.07, 6.45) is -23.4. The van der Waals surface area contributed by atoms with Crippen LogP contribution in [0.3, 0.4) is 0 Å². The third-order valence-corrected chi connectivity index (χ3v) is 12.9. The first-order valence-electron chi connectivity index (χ1n) is 22.6. The Morgan fingerprint density at radius 1 is 0.227 bits per heavy atom. The van der Waals surface area contributed by atoms with Crippen molar-refractivity contribution in [2.24, 2.45) is 0 Å². The van der Waals surface area contributed by atoms with Crippen molar-refractivity contribution in [3.8, 4) is 72.4 Å². The molecule has 0 aliphatic heterocycles. The van der Waals surface area contributed by atoms with Crippen molar-refractivity contribution in [3.63, 3.8) is 0 Å². The first kappa shape index (κ1) is 50.3. The molecule has 0 unspecified atom stereocenters. The summed E-state index contributed by atoms with van der Waals surface area (Å²) in [6.45, 7) is 0. The van der Waals surface area contributed by atoms with Crippen molar-refractivity contribution in [1.29, 1.82) is 0 Å². The first-order valence-corrected chi connectivity index (χ1v) is 22.6. The topological polar surface area (TPSA) is 4.93 Å². The zero-order valence-electron chi connectivity index (χ0n) is 38.1. The molecule has 10 rings (SSSR count). The van der Waals surface area contributed by atoms with Gasteiger partial charge in [-0.05, 0) is 188 Å². The molecule has 0 spiro atoms. The summed E-state index contributed by atoms with van der Waals surface area (Å²) in [4.78, 5) is 0. The largest absolute Gasteiger partial charge is 0.418 e. The zero-order chi connectivity index (χ0) is 53.4. The highest BCUT2D eigenvalue weighted by molar-refractivity contribution is 6.12. The molecule has 0 saturated carbocycles. The molecule has 0 bridgehead atoms. The molecule has 0 fully saturated rings. The summed E-state index contributed by atoms with van der Waals surface area (Å²) in [5.41, 5.74) is 0.380. The standard InChI is InChI=1S/C59H32F15N/c60-55(61,62)45-15-5-33(6-16-45)39-25-40(34-7-17-46(18-8-34)56(63,64)65)28-43(27-39)37-13-23-52-49(31-37)50-32-38(14-24-53(50)75(52)54-4-2-1-3-51(54)59(72,73)74)44-29-41(35-9-19-47(20-10-35)57(66,67)68)26-42(30-44)36-11-21-48(22-12-36)58(69,70)71/h1-32H. The number of alkyl halides is 15. The molecule has 0 aliphatic rings. The van der Waals surface area contributed by atoms with Gasteiger partial charge in [-0.25, -0.2) is 0 Å². The normalized spacial score (nSPS) is 12.7. The van der Waals surface area contributed by atoms with E-state index in [4.69, 9.17) is 0 Å². The third kappa shape index (κ3) is 10.1. The van der Waals surface area contributed by atoms with Gasteiger partial charge in [0.15, 0.2) is 0 Å². The maximum Gasteiger partial charge on any atom is 0.418 e. The van der Waals surface area contributed by atoms with Crippen LogP contribution in [0.25, 0.3) is 94.3 Å². The number of hydrogen-bond donors (Lipinski definition) is 0. The molecule has 0 atom stereocenters. The molecule has 1 heterocycles. The van der Waals surface area contributed by atoms with Gasteiger partial charge in [0, 0.05) is 10.8 Å². The quantitative estimate of drug-likeness (QED) is 0.140. The number of para-hydroxylation sites is 1. The fourth-order valence-electron chi connectivity index (χ4n) is 9.21. The van der Waals surface area contributed by atoms with Gasteiger partial charge in [-0.3, -0.25) is 0 Å². The Bertz CT molecular complexity index is 3390. The van der Waals surface area contributed by atoms with Gasteiger partial charge in [0.2, 0.25) is 0 Å². The van der Waals surface area contributed by atoms with Gasteiger partial charge in [-0.15, -0.1) is 0 Å². The van der Waals surface area contributed by atoms with Crippen LogP contribution in [-0.2, 0) is 30.9 Å². The van der Waals surface area contributed by atoms with Crippen LogP contribution in [0.4, 0.5) is 65.9 Å². The number of rotatable bonds is 7. The number of benzene rings is 9. The minimum absolute atomic E-state index is 0.228. The van der Waals surface area contributed by atoms with Crippen molar-refractivity contribution in [3.05, 3.63) is 222 Å². The van der Waals surface area contributed by atoms with Gasteiger partial charge in [0.1, 0.15) is 0 Å². The number of fused-ring (bicyclic) bond motifs is 3. The second-order valence-electron chi connectivity index (χ2n) is 17.7. The summed E-state index contributed by atoms with van der Waals surface area (Å²) < 4.78 is 209. The molecule has 0 amide bonds. The van der Waals surface area contributed by atoms with Crippen molar-refractivity contribution in [2.75, 3.05) is 0 Å². The molecule has 0 N–H and O–H groups in total. The van der Waals surface area contributed by atoms with Crippen molar-refractivity contribution >= 4 is 21.8 Å². The van der Waals surface area contributed by atoms with Crippen LogP contribution in [0.5, 0.6) is 0 Å². The van der Waals surface area contributed by atoms with E-state index in [1.807, 2.05) is 0 Å². The van der Waals surface area contributed by atoms with E-state index in [2.05, 4.69) is 0 Å². The van der Waals surface area contributed by atoms with E-state index in [0.717, 1.165) is 54.6 Å². The van der Waals surface area contributed by atoms with Crippen LogP contribution in [-0.4, -0.2) is 4.57 Å². The number of halogens is 15. The van der Waals surface area contributed by atoms with Gasteiger partial charge in [0.25, 0.3) is 0 Å². The second kappa shape index (κ2) is 18.3. The molecule has 378 valence electrons. The Labute approximate surface area is 416 Å². The molecular formula is C59H32F15N. The van der Waals surface area contributed by atoms with E-state index in [-0.39, 0.29) is 5.69 Å². The molecule has 0 radical (unpaired) electrons. The Kier molecular flexibility index (Phi) is 12.3. The van der Waals surface area contributed by atoms with Crippen LogP contribution in [0.2, 0.25) is 0 Å². The van der Waals surface area contributed by atoms with Crippen molar-refractivity contribution in [1.82, 2.24) is 4.57 Å². The van der Waals surface area contributed by atoms with E-state index >= 15 is 0 Å². The van der Waals surface area contributed by atoms with E-state index in [1.54, 1.807) is 72.8 Å². The molecule has 1 nitrogen and oxygen atoms in total. The minimum Gasteiger partial charge on any atom is -0.309 e. The zero-order valence-corrected chi connectivity index (χ0v) is 38.1. The lowest BCUT2D eigenvalue weighted by molar-refractivity contribution is -0.138. The smallest absolute Gasteiger partial charge is 0.309 e. The summed E-state index contributed by atoms with van der Waals surface area (Å²) in [5.74, 6) is 0. The number of nitrogens with zero attached hydrogens (tertiary/aromatic N) is 1. The maximum atomic E-state index is 14.8. The third-order valence-electron chi connectivity index (χ3n) is 12.9. The van der Waals surface area contributed by atoms with Crippen LogP contribution < -0.4 is 0 Å². The fraction of sp³-hybridized carbons (Fsp3) is 0.0847. The van der Waals surface area contributed by atoms with Crippen molar-refractivity contribution < 1.29 is 65.9 Å². The van der Waals surface area contributed by atoms with Gasteiger partial charge >= 0.3 is 30.9 Å². The summed E-state index contributed by atoms with van der Waals surface area (Å²) in [5, 5.41) is 0.804. The summed E-state index contributed by atoms with van der Waals surface area (Å²) in [6, 6.07) is 41.8. The van der Waals surface area contributed by atoms with E-state index in [9.17, 15) is 65.9 Å². The highest BCUT2D eigenvalue weighted by Gasteiger charge is 2.36. The van der Waals surface area contributed by atoms with Crippen LogP contribution in [0, 0.1) is 0 Å². The molecule has 1 aromatic heterocycles. The van der Waals surface area contributed by atoms with E-state index in [0.29, 0.717) is 88.6 Å². The average Bonchev–Trinajstić information content (AvgIpc) is 3.71. The number of aromatic nitrogens is 1. The molecule has 0 saturated heterocycles. The molecule has 16 heteroatoms. The van der Waals surface area contributed by atoms with E-state index in [1.165, 1.54) is 71.3 Å². The SMILES string of the molecule is FC(F)(F)c1ccc(-c2cc(-c3ccc(C(F)(F)F)cc3)cc(-c3ccc4c(c3)c3cc(-c5cc(-c6ccc(C(F)(F)F)cc6)cc(-c6ccc(C(F)(F)F)cc6)c5)ccc3n4-c3ccccc3C(F)(F)F)c2)cc1. The summed E-state index contributed by atoms with van der Waals surface area (Å²) in [7, 11) is 0. The highest BCUT2D eigenvalue weighted by atomic mass is 19.4. The molecule has 0 aliphatic carbocycles. The van der Waals surface area contributed by atoms with E-state index < -0.39 is 58.7 Å². The Morgan fingerprint density at radius 2 is 0.480 bits per heavy atom.